The van der Waals surface area contributed by atoms with Gasteiger partial charge in [0.2, 0.25) is 0 Å². The van der Waals surface area contributed by atoms with E-state index in [4.69, 9.17) is 0 Å². The average molecular weight is 369 g/mol. The van der Waals surface area contributed by atoms with E-state index in [0.717, 1.165) is 17.7 Å². The molecule has 0 spiro atoms. The second-order valence-corrected chi connectivity index (χ2v) is 7.47. The van der Waals surface area contributed by atoms with Crippen LogP contribution in [0.15, 0.2) is 47.3 Å². The van der Waals surface area contributed by atoms with E-state index in [1.165, 1.54) is 10.6 Å². The number of nitrogens with zero attached hydrogens (tertiary/aromatic N) is 2. The van der Waals surface area contributed by atoms with E-state index >= 15 is 0 Å². The first-order valence-electron chi connectivity index (χ1n) is 8.45. The van der Waals surface area contributed by atoms with Gasteiger partial charge in [-0.25, -0.2) is 4.79 Å². The molecule has 0 amide bonds. The lowest BCUT2D eigenvalue weighted by Crippen LogP contribution is -2.41. The highest BCUT2D eigenvalue weighted by Gasteiger charge is 2.31. The number of hydrogen-bond donors (Lipinski definition) is 1. The van der Waals surface area contributed by atoms with Gasteiger partial charge < -0.3 is 5.32 Å². The van der Waals surface area contributed by atoms with Crippen molar-refractivity contribution in [2.45, 2.75) is 18.3 Å². The first-order chi connectivity index (χ1) is 12.5. The number of anilines is 1. The summed E-state index contributed by atoms with van der Waals surface area (Å²) >= 11 is 0. The molecule has 1 N–H and O–H groups in total. The van der Waals surface area contributed by atoms with Crippen molar-refractivity contribution >= 4 is 40.3 Å². The Morgan fingerprint density at radius 1 is 1.07 bits per heavy atom. The van der Waals surface area contributed by atoms with E-state index in [1.54, 1.807) is 31.2 Å². The van der Waals surface area contributed by atoms with Crippen LogP contribution in [0.4, 0.5) is 19.0 Å². The predicted molar refractivity (Wildman–Crippen MR) is 109 cm³/mol. The lowest BCUT2D eigenvalue weighted by Gasteiger charge is -2.24. The summed E-state index contributed by atoms with van der Waals surface area (Å²) in [5.74, 6) is 0.265. The summed E-state index contributed by atoms with van der Waals surface area (Å²) < 4.78 is 41.1. The van der Waals surface area contributed by atoms with E-state index < -0.39 is 22.7 Å². The largest absolute Gasteiger partial charge is 0.416 e. The summed E-state index contributed by atoms with van der Waals surface area (Å²) in [5.41, 5.74) is -0.0309. The molecule has 10 heteroatoms. The SMILES string of the molecule is BC(B)(B)Nc1nc(=O)n(-c2ccccc2C)c2cc(C(F)(F)F)ccc12. The number of rotatable bonds is 3. The monoisotopic (exact) mass is 369 g/mol. The van der Waals surface area contributed by atoms with Gasteiger partial charge in [0, 0.05) is 5.39 Å². The van der Waals surface area contributed by atoms with Gasteiger partial charge in [-0.2, -0.15) is 18.2 Å². The number of benzene rings is 2. The van der Waals surface area contributed by atoms with Crippen LogP contribution in [0.1, 0.15) is 11.1 Å². The lowest BCUT2D eigenvalue weighted by atomic mass is 9.49. The molecule has 1 heterocycles. The number of hydrogen-bond acceptors (Lipinski definition) is 3. The van der Waals surface area contributed by atoms with Gasteiger partial charge in [-0.3, -0.25) is 4.57 Å². The summed E-state index contributed by atoms with van der Waals surface area (Å²) in [7, 11) is 5.66. The molecule has 0 saturated heterocycles. The van der Waals surface area contributed by atoms with Crippen LogP contribution >= 0.6 is 0 Å². The third-order valence-electron chi connectivity index (χ3n) is 4.07. The molecule has 1 aromatic heterocycles. The molecule has 0 fully saturated rings. The minimum absolute atomic E-state index is 0.158. The Labute approximate surface area is 157 Å². The Hall–Kier alpha value is -2.64. The van der Waals surface area contributed by atoms with Gasteiger partial charge in [0.25, 0.3) is 0 Å². The summed E-state index contributed by atoms with van der Waals surface area (Å²) in [5, 5.41) is 3.14. The van der Waals surface area contributed by atoms with Crippen LogP contribution in [0, 0.1) is 6.92 Å². The molecule has 0 unspecified atom stereocenters. The van der Waals surface area contributed by atoms with Crippen molar-refractivity contribution in [3.8, 4) is 5.69 Å². The number of nitrogens with one attached hydrogen (secondary N) is 1. The maximum atomic E-state index is 13.3. The highest BCUT2D eigenvalue weighted by atomic mass is 19.4. The Morgan fingerprint density at radius 2 is 1.74 bits per heavy atom. The van der Waals surface area contributed by atoms with Gasteiger partial charge in [-0.1, -0.05) is 18.2 Å². The van der Waals surface area contributed by atoms with Crippen LogP contribution in [0.3, 0.4) is 0 Å². The Balaban J connectivity index is 2.41. The third kappa shape index (κ3) is 3.89. The zero-order valence-corrected chi connectivity index (χ0v) is 15.5. The van der Waals surface area contributed by atoms with E-state index in [-0.39, 0.29) is 11.3 Å². The first-order valence-corrected chi connectivity index (χ1v) is 8.45. The molecule has 4 nitrogen and oxygen atoms in total. The van der Waals surface area contributed by atoms with E-state index in [2.05, 4.69) is 10.3 Å². The number of aromatic nitrogens is 2. The molecular formula is C17H17B3F3N3O. The van der Waals surface area contributed by atoms with Crippen molar-refractivity contribution < 1.29 is 13.2 Å². The average Bonchev–Trinajstić information content (AvgIpc) is 2.53. The maximum absolute atomic E-state index is 13.3. The molecule has 2 aromatic carbocycles. The molecule has 0 aliphatic heterocycles. The molecule has 0 atom stereocenters. The zero-order valence-electron chi connectivity index (χ0n) is 15.5. The molecule has 0 aliphatic rings. The fraction of sp³-hybridized carbons (Fsp3) is 0.176. The summed E-state index contributed by atoms with van der Waals surface area (Å²) in [4.78, 5) is 16.9. The van der Waals surface area contributed by atoms with Crippen LogP contribution in [0.25, 0.3) is 16.6 Å². The number of aryl methyl sites for hydroxylation is 1. The van der Waals surface area contributed by atoms with Crippen molar-refractivity contribution in [3.63, 3.8) is 0 Å². The molecule has 0 aliphatic carbocycles. The van der Waals surface area contributed by atoms with Crippen molar-refractivity contribution in [2.24, 2.45) is 0 Å². The Kier molecular flexibility index (Phi) is 4.61. The van der Waals surface area contributed by atoms with Crippen molar-refractivity contribution in [3.05, 3.63) is 64.1 Å². The molecule has 136 valence electrons. The fourth-order valence-electron chi connectivity index (χ4n) is 2.90. The summed E-state index contributed by atoms with van der Waals surface area (Å²) in [6.45, 7) is 1.79. The molecular weight excluding hydrogens is 352 g/mol. The van der Waals surface area contributed by atoms with E-state index in [9.17, 15) is 18.0 Å². The van der Waals surface area contributed by atoms with Crippen LogP contribution in [0.5, 0.6) is 0 Å². The van der Waals surface area contributed by atoms with Gasteiger partial charge >= 0.3 is 11.9 Å². The quantitative estimate of drug-likeness (QED) is 0.690. The van der Waals surface area contributed by atoms with Crippen molar-refractivity contribution in [1.82, 2.24) is 9.55 Å². The highest BCUT2D eigenvalue weighted by Crippen LogP contribution is 2.33. The second-order valence-electron chi connectivity index (χ2n) is 7.47. The second kappa shape index (κ2) is 6.51. The third-order valence-corrected chi connectivity index (χ3v) is 4.07. The van der Waals surface area contributed by atoms with Crippen LogP contribution in [-0.2, 0) is 6.18 Å². The van der Waals surface area contributed by atoms with Gasteiger partial charge in [0.15, 0.2) is 0 Å². The molecule has 0 saturated carbocycles. The first kappa shape index (κ1) is 19.1. The topological polar surface area (TPSA) is 46.9 Å². The predicted octanol–water partition coefficient (Wildman–Crippen LogP) is 0.635. The molecule has 0 bridgehead atoms. The number of fused-ring (bicyclic) bond motifs is 1. The standard InChI is InChI=1S/C17H17B3F3N3O/c1-9-4-2-3-5-12(9)26-13-8-10(16(21,22)23)6-7-11(13)14(24-15(26)27)25-17(18,19)20/h2-8H,18-20H2,1H3,(H,24,25,27). The Morgan fingerprint density at radius 3 is 2.33 bits per heavy atom. The van der Waals surface area contributed by atoms with Crippen molar-refractivity contribution in [1.29, 1.82) is 0 Å². The minimum Gasteiger partial charge on any atom is -0.387 e. The van der Waals surface area contributed by atoms with Crippen molar-refractivity contribution in [2.75, 3.05) is 5.32 Å². The normalized spacial score (nSPS) is 12.3. The van der Waals surface area contributed by atoms with Gasteiger partial charge in [-0.15, -0.1) is 0 Å². The number of alkyl halides is 3. The van der Waals surface area contributed by atoms with E-state index in [0.29, 0.717) is 11.1 Å². The molecule has 3 aromatic rings. The minimum atomic E-state index is -4.51. The van der Waals surface area contributed by atoms with Gasteiger partial charge in [-0.05, 0) is 42.0 Å². The molecule has 27 heavy (non-hydrogen) atoms. The van der Waals surface area contributed by atoms with Crippen LogP contribution < -0.4 is 11.0 Å². The van der Waals surface area contributed by atoms with Crippen LogP contribution in [-0.4, -0.2) is 38.3 Å². The Bertz CT molecular complexity index is 1070. The summed E-state index contributed by atoms with van der Waals surface area (Å²) in [6.07, 6.45) is -4.51. The number of halogens is 3. The molecule has 3 rings (SSSR count). The van der Waals surface area contributed by atoms with Gasteiger partial charge in [0.1, 0.15) is 29.4 Å². The maximum Gasteiger partial charge on any atom is 0.416 e. The smallest absolute Gasteiger partial charge is 0.387 e. The number of para-hydroxylation sites is 1. The van der Waals surface area contributed by atoms with E-state index in [1.807, 2.05) is 23.5 Å². The molecule has 0 radical (unpaired) electrons. The fourth-order valence-corrected chi connectivity index (χ4v) is 2.90. The van der Waals surface area contributed by atoms with Gasteiger partial charge in [0.05, 0.1) is 16.8 Å². The lowest BCUT2D eigenvalue weighted by molar-refractivity contribution is -0.137. The van der Waals surface area contributed by atoms with Crippen LogP contribution in [0.2, 0.25) is 0 Å². The zero-order chi connectivity index (χ0) is 20.0. The summed E-state index contributed by atoms with van der Waals surface area (Å²) in [6, 6.07) is 10.4. The highest BCUT2D eigenvalue weighted by molar-refractivity contribution is 6.60.